The quantitative estimate of drug-likeness (QED) is 0.446. The number of carbonyl (C=O) groups is 3. The van der Waals surface area contributed by atoms with Crippen LogP contribution in [0.2, 0.25) is 5.02 Å². The molecule has 1 aliphatic carbocycles. The number of carbonyl (C=O) groups excluding carboxylic acids is 3. The predicted octanol–water partition coefficient (Wildman–Crippen LogP) is 4.31. The molecule has 222 valence electrons. The molecule has 41 heavy (non-hydrogen) atoms. The first-order valence-electron chi connectivity index (χ1n) is 15.5. The van der Waals surface area contributed by atoms with Crippen molar-refractivity contribution in [1.29, 1.82) is 0 Å². The maximum Gasteiger partial charge on any atom is 0.246 e. The van der Waals surface area contributed by atoms with E-state index in [2.05, 4.69) is 22.5 Å². The van der Waals surface area contributed by atoms with E-state index >= 15 is 0 Å². The fourth-order valence-corrected chi connectivity index (χ4v) is 7.86. The van der Waals surface area contributed by atoms with Gasteiger partial charge in [-0.2, -0.15) is 0 Å². The Labute approximate surface area is 248 Å². The minimum absolute atomic E-state index is 0.118. The lowest BCUT2D eigenvalue weighted by molar-refractivity contribution is -0.141. The molecule has 2 N–H and O–H groups in total. The topological polar surface area (TPSA) is 91.0 Å². The summed E-state index contributed by atoms with van der Waals surface area (Å²) in [5.74, 6) is -1.29. The number of rotatable bonds is 8. The molecule has 1 saturated carbocycles. The van der Waals surface area contributed by atoms with Gasteiger partial charge in [0, 0.05) is 23.3 Å². The monoisotopic (exact) mass is 582 g/mol. The number of amides is 3. The second kappa shape index (κ2) is 11.7. The lowest BCUT2D eigenvalue weighted by Crippen LogP contribution is -2.56. The summed E-state index contributed by atoms with van der Waals surface area (Å²) in [4.78, 5) is 46.0. The summed E-state index contributed by atoms with van der Waals surface area (Å²) in [6.07, 6.45) is 11.7. The molecule has 5 atom stereocenters. The Balaban J connectivity index is 1.23. The number of fused-ring (bicyclic) bond motifs is 1. The van der Waals surface area contributed by atoms with Crippen molar-refractivity contribution in [3.05, 3.63) is 40.9 Å². The van der Waals surface area contributed by atoms with Crippen LogP contribution in [0.5, 0.6) is 0 Å². The Morgan fingerprint density at radius 3 is 2.56 bits per heavy atom. The molecule has 8 nitrogen and oxygen atoms in total. The van der Waals surface area contributed by atoms with Crippen LogP contribution in [-0.2, 0) is 19.1 Å². The third kappa shape index (κ3) is 5.43. The number of ether oxygens (including phenoxy) is 1. The highest BCUT2D eigenvalue weighted by Gasteiger charge is 2.72. The highest BCUT2D eigenvalue weighted by molar-refractivity contribution is 6.31. The summed E-state index contributed by atoms with van der Waals surface area (Å²) < 4.78 is 6.50. The number of likely N-dealkylation sites (tertiary alicyclic amines) is 2. The summed E-state index contributed by atoms with van der Waals surface area (Å²) in [6.45, 7) is 7.72. The molecule has 6 rings (SSSR count). The highest BCUT2D eigenvalue weighted by Crippen LogP contribution is 2.55. The Hall–Kier alpha value is -2.42. The van der Waals surface area contributed by atoms with Gasteiger partial charge < -0.3 is 25.2 Å². The second-order valence-corrected chi connectivity index (χ2v) is 13.3. The molecule has 9 heteroatoms. The van der Waals surface area contributed by atoms with Gasteiger partial charge in [0.15, 0.2) is 0 Å². The van der Waals surface area contributed by atoms with E-state index in [4.69, 9.17) is 16.3 Å². The van der Waals surface area contributed by atoms with E-state index in [9.17, 15) is 14.4 Å². The van der Waals surface area contributed by atoms with Crippen LogP contribution in [-0.4, -0.2) is 77.5 Å². The number of nitrogens with one attached hydrogen (secondary N) is 2. The third-order valence-electron chi connectivity index (χ3n) is 10.1. The zero-order valence-corrected chi connectivity index (χ0v) is 25.0. The number of nitrogens with zero attached hydrogens (tertiary/aromatic N) is 2. The van der Waals surface area contributed by atoms with E-state index in [1.54, 1.807) is 11.0 Å². The number of anilines is 1. The Morgan fingerprint density at radius 2 is 1.83 bits per heavy atom. The molecule has 5 aliphatic rings. The number of aryl methyl sites for hydroxylation is 1. The van der Waals surface area contributed by atoms with Crippen LogP contribution in [0.3, 0.4) is 0 Å². The van der Waals surface area contributed by atoms with Gasteiger partial charge in [-0.05, 0) is 82.3 Å². The van der Waals surface area contributed by atoms with Gasteiger partial charge in [0.25, 0.3) is 0 Å². The standard InChI is InChI=1S/C32H43ClN4O4/c1-20-12-17-36(18-13-20)15-6-16-37-28(30(39)34-22-7-4-3-5-8-22)32-14-11-25(41-32)26(27(32)31(37)40)29(38)35-23-10-9-21(2)24(33)19-23/h9-11,14,19-20,22,25-28H,3-8,12-13,15-18H2,1-2H3,(H,34,39)(H,35,38)/t25-,26+,27-,28-,32-/m0/s1. The predicted molar refractivity (Wildman–Crippen MR) is 159 cm³/mol. The van der Waals surface area contributed by atoms with Crippen LogP contribution in [0.4, 0.5) is 5.69 Å². The summed E-state index contributed by atoms with van der Waals surface area (Å²) in [5, 5.41) is 6.80. The number of halogens is 1. The SMILES string of the molecule is Cc1ccc(NC(=O)[C@@H]2[C@@H]3C=C[C@]4(O3)[C@@H]2C(=O)N(CCCN2CCC(C)CC2)[C@H]4C(=O)NC2CCCCC2)cc1Cl. The van der Waals surface area contributed by atoms with E-state index in [1.807, 2.05) is 31.2 Å². The van der Waals surface area contributed by atoms with Crippen LogP contribution in [0.15, 0.2) is 30.4 Å². The highest BCUT2D eigenvalue weighted by atomic mass is 35.5. The van der Waals surface area contributed by atoms with Crippen LogP contribution in [0.25, 0.3) is 0 Å². The maximum atomic E-state index is 14.2. The summed E-state index contributed by atoms with van der Waals surface area (Å²) in [5.41, 5.74) is 0.368. The molecule has 0 radical (unpaired) electrons. The summed E-state index contributed by atoms with van der Waals surface area (Å²) >= 11 is 6.30. The van der Waals surface area contributed by atoms with Crippen molar-refractivity contribution in [2.45, 2.75) is 89.0 Å². The van der Waals surface area contributed by atoms with Gasteiger partial charge in [-0.15, -0.1) is 0 Å². The average molecular weight is 583 g/mol. The van der Waals surface area contributed by atoms with Crippen molar-refractivity contribution < 1.29 is 19.1 Å². The molecule has 4 fully saturated rings. The smallest absolute Gasteiger partial charge is 0.246 e. The molecular formula is C32H43ClN4O4. The van der Waals surface area contributed by atoms with Crippen molar-refractivity contribution >= 4 is 35.0 Å². The van der Waals surface area contributed by atoms with E-state index in [1.165, 1.54) is 19.3 Å². The van der Waals surface area contributed by atoms with Crippen molar-refractivity contribution in [3.63, 3.8) is 0 Å². The lowest BCUT2D eigenvalue weighted by atomic mass is 9.74. The van der Waals surface area contributed by atoms with Gasteiger partial charge in [-0.1, -0.05) is 56.0 Å². The lowest BCUT2D eigenvalue weighted by Gasteiger charge is -2.35. The normalized spacial score (nSPS) is 32.0. The minimum Gasteiger partial charge on any atom is -0.359 e. The van der Waals surface area contributed by atoms with Gasteiger partial charge in [0.05, 0.1) is 17.9 Å². The van der Waals surface area contributed by atoms with Crippen LogP contribution in [0, 0.1) is 24.7 Å². The average Bonchev–Trinajstić information content (AvgIpc) is 3.60. The van der Waals surface area contributed by atoms with E-state index < -0.39 is 29.6 Å². The molecular weight excluding hydrogens is 540 g/mol. The fraction of sp³-hybridized carbons (Fsp3) is 0.656. The van der Waals surface area contributed by atoms with Crippen LogP contribution in [0.1, 0.15) is 63.9 Å². The van der Waals surface area contributed by atoms with Crippen molar-refractivity contribution in [2.75, 3.05) is 31.5 Å². The first-order valence-corrected chi connectivity index (χ1v) is 15.9. The number of hydrogen-bond acceptors (Lipinski definition) is 5. The minimum atomic E-state index is -1.13. The van der Waals surface area contributed by atoms with Crippen molar-refractivity contribution in [2.24, 2.45) is 17.8 Å². The molecule has 1 aromatic carbocycles. The summed E-state index contributed by atoms with van der Waals surface area (Å²) in [6, 6.07) is 4.72. The first-order chi connectivity index (χ1) is 19.8. The molecule has 3 saturated heterocycles. The Bertz CT molecular complexity index is 1210. The van der Waals surface area contributed by atoms with Crippen molar-refractivity contribution in [1.82, 2.24) is 15.1 Å². The first kappa shape index (κ1) is 28.7. The maximum absolute atomic E-state index is 14.2. The van der Waals surface area contributed by atoms with Crippen molar-refractivity contribution in [3.8, 4) is 0 Å². The molecule has 4 heterocycles. The van der Waals surface area contributed by atoms with Gasteiger partial charge >= 0.3 is 0 Å². The van der Waals surface area contributed by atoms with Gasteiger partial charge in [0.1, 0.15) is 11.6 Å². The molecule has 2 bridgehead atoms. The number of piperidine rings is 1. The molecule has 1 aromatic rings. The molecule has 3 amide bonds. The van der Waals surface area contributed by atoms with E-state index in [0.29, 0.717) is 17.3 Å². The zero-order valence-electron chi connectivity index (χ0n) is 24.2. The van der Waals surface area contributed by atoms with E-state index in [0.717, 1.165) is 63.2 Å². The molecule has 4 aliphatic heterocycles. The van der Waals surface area contributed by atoms with Gasteiger partial charge in [-0.25, -0.2) is 0 Å². The fourth-order valence-electron chi connectivity index (χ4n) is 7.68. The number of benzene rings is 1. The van der Waals surface area contributed by atoms with E-state index in [-0.39, 0.29) is 23.8 Å². The summed E-state index contributed by atoms with van der Waals surface area (Å²) in [7, 11) is 0. The van der Waals surface area contributed by atoms with Crippen LogP contribution >= 0.6 is 11.6 Å². The largest absolute Gasteiger partial charge is 0.359 e. The zero-order chi connectivity index (χ0) is 28.7. The molecule has 1 spiro atoms. The van der Waals surface area contributed by atoms with Gasteiger partial charge in [-0.3, -0.25) is 14.4 Å². The Kier molecular flexibility index (Phi) is 8.18. The molecule has 0 aromatic heterocycles. The second-order valence-electron chi connectivity index (χ2n) is 12.9. The third-order valence-corrected chi connectivity index (χ3v) is 10.5. The number of hydrogen-bond donors (Lipinski definition) is 2. The molecule has 0 unspecified atom stereocenters. The van der Waals surface area contributed by atoms with Gasteiger partial charge in [0.2, 0.25) is 17.7 Å². The van der Waals surface area contributed by atoms with Crippen LogP contribution < -0.4 is 10.6 Å². The Morgan fingerprint density at radius 1 is 1.07 bits per heavy atom.